The number of aliphatic carboxylic acids is 1. The molecule has 2 aromatic carbocycles. The van der Waals surface area contributed by atoms with Gasteiger partial charge in [0.1, 0.15) is 17.2 Å². The van der Waals surface area contributed by atoms with Gasteiger partial charge in [0.15, 0.2) is 29.9 Å². The number of carbonyl (C=O) groups excluding carboxylic acids is 2. The Labute approximate surface area is 200 Å². The van der Waals surface area contributed by atoms with Crippen molar-refractivity contribution in [3.8, 4) is 28.7 Å². The molecule has 1 heterocycles. The monoisotopic (exact) mass is 487 g/mol. The number of hydrogen-bond acceptors (Lipinski definition) is 9. The van der Waals surface area contributed by atoms with Crippen molar-refractivity contribution in [2.45, 2.75) is 19.1 Å². The van der Waals surface area contributed by atoms with Gasteiger partial charge < -0.3 is 39.2 Å². The van der Waals surface area contributed by atoms with Crippen LogP contribution in [0.3, 0.4) is 0 Å². The Morgan fingerprint density at radius 3 is 2.31 bits per heavy atom. The van der Waals surface area contributed by atoms with Gasteiger partial charge in [-0.1, -0.05) is 0 Å². The highest BCUT2D eigenvalue weighted by molar-refractivity contribution is 6.14. The van der Waals surface area contributed by atoms with Crippen molar-refractivity contribution < 1.29 is 48.3 Å². The van der Waals surface area contributed by atoms with Crippen LogP contribution in [0.1, 0.15) is 22.8 Å². The van der Waals surface area contributed by atoms with Gasteiger partial charge in [-0.05, 0) is 31.2 Å². The summed E-state index contributed by atoms with van der Waals surface area (Å²) in [5.74, 6) is -0.634. The number of benzene rings is 2. The Hall–Kier alpha value is -4.25. The third kappa shape index (κ3) is 5.64. The average molecular weight is 487 g/mol. The number of methoxy groups -OCH3 is 3. The van der Waals surface area contributed by atoms with E-state index in [0.717, 1.165) is 0 Å². The number of allylic oxidation sites excluding steroid dienone is 1. The second-order valence-electron chi connectivity index (χ2n) is 7.46. The maximum Gasteiger partial charge on any atom is 0.328 e. The van der Waals surface area contributed by atoms with Gasteiger partial charge in [-0.3, -0.25) is 9.59 Å². The van der Waals surface area contributed by atoms with E-state index in [1.54, 1.807) is 12.1 Å². The number of ketones is 1. The van der Waals surface area contributed by atoms with Gasteiger partial charge in [0.05, 0.1) is 33.0 Å². The van der Waals surface area contributed by atoms with E-state index >= 15 is 0 Å². The van der Waals surface area contributed by atoms with Crippen LogP contribution in [0.5, 0.6) is 28.7 Å². The minimum absolute atomic E-state index is 0.0432. The number of carboxylic acids is 1. The summed E-state index contributed by atoms with van der Waals surface area (Å²) in [6.45, 7) is 0.742. The number of carboxylic acid groups (broad SMARTS) is 1. The Kier molecular flexibility index (Phi) is 7.82. The van der Waals surface area contributed by atoms with Crippen molar-refractivity contribution in [2.75, 3.05) is 27.9 Å². The lowest BCUT2D eigenvalue weighted by atomic mass is 10.1. The smallest absolute Gasteiger partial charge is 0.328 e. The average Bonchev–Trinajstić information content (AvgIpc) is 3.14. The molecule has 0 bridgehead atoms. The maximum absolute atomic E-state index is 12.8. The summed E-state index contributed by atoms with van der Waals surface area (Å²) in [6, 6.07) is 6.23. The molecule has 1 aliphatic rings. The molecule has 11 heteroatoms. The maximum atomic E-state index is 12.8. The summed E-state index contributed by atoms with van der Waals surface area (Å²) < 4.78 is 27.1. The van der Waals surface area contributed by atoms with Crippen LogP contribution in [0.2, 0.25) is 0 Å². The topological polar surface area (TPSA) is 150 Å². The van der Waals surface area contributed by atoms with E-state index in [1.807, 2.05) is 0 Å². The Bertz CT molecular complexity index is 1170. The van der Waals surface area contributed by atoms with E-state index < -0.39 is 30.6 Å². The number of aliphatic hydroxyl groups is 1. The molecular weight excluding hydrogens is 462 g/mol. The van der Waals surface area contributed by atoms with E-state index in [9.17, 15) is 19.5 Å². The predicted molar refractivity (Wildman–Crippen MR) is 122 cm³/mol. The number of Topliss-reactive ketones (excluding diaryl/α,β-unsaturated/α-hetero) is 1. The van der Waals surface area contributed by atoms with Crippen LogP contribution in [0, 0.1) is 0 Å². The zero-order chi connectivity index (χ0) is 25.7. The van der Waals surface area contributed by atoms with Crippen molar-refractivity contribution in [1.29, 1.82) is 0 Å². The first-order valence-corrected chi connectivity index (χ1v) is 10.4. The van der Waals surface area contributed by atoms with Crippen LogP contribution in [-0.4, -0.2) is 68.0 Å². The lowest BCUT2D eigenvalue weighted by molar-refractivity contribution is -0.145. The van der Waals surface area contributed by atoms with Crippen molar-refractivity contribution in [3.63, 3.8) is 0 Å². The Balaban J connectivity index is 1.75. The highest BCUT2D eigenvalue weighted by atomic mass is 16.5. The molecule has 0 fully saturated rings. The summed E-state index contributed by atoms with van der Waals surface area (Å²) in [7, 11) is 4.47. The minimum atomic E-state index is -1.46. The summed E-state index contributed by atoms with van der Waals surface area (Å²) in [6.07, 6.45) is 0.226. The number of aliphatic hydroxyl groups excluding tert-OH is 1. The molecule has 11 nitrogen and oxygen atoms in total. The SMILES string of the molecule is COc1cc(OC)c(OC)cc1C=C1Oc2cc(OCC(=O)N[C@H](C(=O)O)[C@@H](C)O)ccc2C1=O. The number of fused-ring (bicyclic) bond motifs is 1. The normalized spacial score (nSPS) is 15.0. The summed E-state index contributed by atoms with van der Waals surface area (Å²) in [5, 5.41) is 20.7. The molecular formula is C24H25NO10. The van der Waals surface area contributed by atoms with E-state index in [1.165, 1.54) is 52.5 Å². The summed E-state index contributed by atoms with van der Waals surface area (Å²) in [5.41, 5.74) is 0.827. The van der Waals surface area contributed by atoms with E-state index in [0.29, 0.717) is 28.4 Å². The largest absolute Gasteiger partial charge is 0.496 e. The quantitative estimate of drug-likeness (QED) is 0.422. The molecule has 1 amide bonds. The number of hydrogen-bond donors (Lipinski definition) is 3. The zero-order valence-corrected chi connectivity index (χ0v) is 19.5. The molecule has 35 heavy (non-hydrogen) atoms. The van der Waals surface area contributed by atoms with Gasteiger partial charge in [-0.25, -0.2) is 4.79 Å². The van der Waals surface area contributed by atoms with Gasteiger partial charge in [0.25, 0.3) is 5.91 Å². The van der Waals surface area contributed by atoms with Crippen LogP contribution in [0.15, 0.2) is 36.1 Å². The van der Waals surface area contributed by atoms with Crippen LogP contribution >= 0.6 is 0 Å². The Morgan fingerprint density at radius 2 is 1.71 bits per heavy atom. The molecule has 0 aliphatic carbocycles. The third-order valence-corrected chi connectivity index (χ3v) is 5.10. The molecule has 2 aromatic rings. The second kappa shape index (κ2) is 10.8. The van der Waals surface area contributed by atoms with Gasteiger partial charge in [-0.15, -0.1) is 0 Å². The number of carbonyl (C=O) groups is 3. The molecule has 2 atom stereocenters. The molecule has 1 aliphatic heterocycles. The first-order valence-electron chi connectivity index (χ1n) is 10.4. The fourth-order valence-electron chi connectivity index (χ4n) is 3.32. The predicted octanol–water partition coefficient (Wildman–Crippen LogP) is 1.66. The van der Waals surface area contributed by atoms with E-state index in [2.05, 4.69) is 5.32 Å². The van der Waals surface area contributed by atoms with Gasteiger partial charge in [0.2, 0.25) is 5.78 Å². The number of rotatable bonds is 10. The molecule has 186 valence electrons. The van der Waals surface area contributed by atoms with Crippen molar-refractivity contribution in [1.82, 2.24) is 5.32 Å². The molecule has 0 aromatic heterocycles. The molecule has 0 spiro atoms. The van der Waals surface area contributed by atoms with Gasteiger partial charge in [-0.2, -0.15) is 0 Å². The van der Waals surface area contributed by atoms with Gasteiger partial charge >= 0.3 is 5.97 Å². The molecule has 0 unspecified atom stereocenters. The van der Waals surface area contributed by atoms with Crippen molar-refractivity contribution in [3.05, 3.63) is 47.2 Å². The fraction of sp³-hybridized carbons (Fsp3) is 0.292. The van der Waals surface area contributed by atoms with E-state index in [-0.39, 0.29) is 23.0 Å². The number of amides is 1. The number of nitrogens with one attached hydrogen (secondary N) is 1. The number of ether oxygens (including phenoxy) is 5. The zero-order valence-electron chi connectivity index (χ0n) is 19.5. The summed E-state index contributed by atoms with van der Waals surface area (Å²) >= 11 is 0. The highest BCUT2D eigenvalue weighted by Gasteiger charge is 2.29. The standard InChI is InChI=1S/C24H25NO10/c1-12(26)22(24(29)30)25-21(27)11-34-14-5-6-15-17(9-14)35-20(23(15)28)8-13-7-18(32-3)19(33-4)10-16(13)31-2/h5-10,12,22,26H,11H2,1-4H3,(H,25,27)(H,29,30)/t12-,22+/m1/s1. The van der Waals surface area contributed by atoms with Crippen molar-refractivity contribution >= 4 is 23.7 Å². The first kappa shape index (κ1) is 25.4. The van der Waals surface area contributed by atoms with Gasteiger partial charge in [0, 0.05) is 17.7 Å². The molecule has 3 rings (SSSR count). The lowest BCUT2D eigenvalue weighted by Crippen LogP contribution is -2.49. The minimum Gasteiger partial charge on any atom is -0.496 e. The Morgan fingerprint density at radius 1 is 1.06 bits per heavy atom. The molecule has 3 N–H and O–H groups in total. The molecule has 0 saturated carbocycles. The van der Waals surface area contributed by atoms with Crippen LogP contribution in [-0.2, 0) is 9.59 Å². The first-order chi connectivity index (χ1) is 16.7. The fourth-order valence-corrected chi connectivity index (χ4v) is 3.32. The summed E-state index contributed by atoms with van der Waals surface area (Å²) in [4.78, 5) is 35.9. The van der Waals surface area contributed by atoms with Crippen molar-refractivity contribution in [2.24, 2.45) is 0 Å². The highest BCUT2D eigenvalue weighted by Crippen LogP contribution is 2.39. The van der Waals surface area contributed by atoms with Crippen LogP contribution in [0.25, 0.3) is 6.08 Å². The second-order valence-corrected chi connectivity index (χ2v) is 7.46. The third-order valence-electron chi connectivity index (χ3n) is 5.10. The van der Waals surface area contributed by atoms with Crippen LogP contribution in [0.4, 0.5) is 0 Å². The lowest BCUT2D eigenvalue weighted by Gasteiger charge is -2.17. The van der Waals surface area contributed by atoms with Crippen LogP contribution < -0.4 is 29.0 Å². The molecule has 0 saturated heterocycles. The molecule has 0 radical (unpaired) electrons. The van der Waals surface area contributed by atoms with E-state index in [4.69, 9.17) is 28.8 Å².